The van der Waals surface area contributed by atoms with E-state index in [1.54, 1.807) is 0 Å². The van der Waals surface area contributed by atoms with Crippen molar-refractivity contribution in [3.8, 4) is 44.5 Å². The van der Waals surface area contributed by atoms with E-state index in [9.17, 15) is 0 Å². The number of anilines is 6. The SMILES string of the molecule is CCCC(I)c1cccc(-c2ccc(N(c3ccc(-c4ccccc4)cc3)c3cccc(Cc4cccc(N(c5ccc(-c6ccccc6)cc5)c5ccc(-c6cccc7ccccc67)cc5)c4)c3)cc2)c1. The summed E-state index contributed by atoms with van der Waals surface area (Å²) in [5.74, 6) is 0. The van der Waals surface area contributed by atoms with Gasteiger partial charge in [0.15, 0.2) is 0 Å². The van der Waals surface area contributed by atoms with E-state index in [0.29, 0.717) is 3.92 Å². The summed E-state index contributed by atoms with van der Waals surface area (Å²) in [6.07, 6.45) is 3.12. The number of nitrogens with zero attached hydrogens (tertiary/aromatic N) is 2. The highest BCUT2D eigenvalue weighted by Crippen LogP contribution is 2.41. The van der Waals surface area contributed by atoms with Crippen LogP contribution in [-0.4, -0.2) is 0 Å². The summed E-state index contributed by atoms with van der Waals surface area (Å²) in [5.41, 5.74) is 20.2. The fourth-order valence-electron chi connectivity index (χ4n) is 10.0. The lowest BCUT2D eigenvalue weighted by atomic mass is 9.98. The van der Waals surface area contributed by atoms with Crippen LogP contribution in [0.5, 0.6) is 0 Å². The van der Waals surface area contributed by atoms with Gasteiger partial charge in [0, 0.05) is 38.0 Å². The molecule has 0 aromatic heterocycles. The monoisotopic (exact) mass is 1040 g/mol. The summed E-state index contributed by atoms with van der Waals surface area (Å²) >= 11 is 2.59. The maximum absolute atomic E-state index is 2.59. The first-order valence-corrected chi connectivity index (χ1v) is 26.3. The molecule has 11 aromatic carbocycles. The van der Waals surface area contributed by atoms with Gasteiger partial charge in [-0.05, 0) is 158 Å². The lowest BCUT2D eigenvalue weighted by Gasteiger charge is -2.27. The Hall–Kier alpha value is -7.99. The molecule has 348 valence electrons. The van der Waals surface area contributed by atoms with E-state index in [0.717, 1.165) is 40.5 Å². The highest BCUT2D eigenvalue weighted by molar-refractivity contribution is 14.1. The van der Waals surface area contributed by atoms with Crippen LogP contribution in [0, 0.1) is 0 Å². The van der Waals surface area contributed by atoms with Crippen molar-refractivity contribution in [2.24, 2.45) is 0 Å². The van der Waals surface area contributed by atoms with E-state index in [-0.39, 0.29) is 0 Å². The van der Waals surface area contributed by atoms with Crippen molar-refractivity contribution in [1.29, 1.82) is 0 Å². The van der Waals surface area contributed by atoms with Crippen molar-refractivity contribution >= 4 is 67.5 Å². The Morgan fingerprint density at radius 1 is 0.333 bits per heavy atom. The van der Waals surface area contributed by atoms with Crippen LogP contribution < -0.4 is 9.80 Å². The molecule has 0 amide bonds. The maximum Gasteiger partial charge on any atom is 0.0464 e. The van der Waals surface area contributed by atoms with Gasteiger partial charge >= 0.3 is 0 Å². The first-order chi connectivity index (χ1) is 35.5. The van der Waals surface area contributed by atoms with E-state index in [1.165, 1.54) is 84.8 Å². The average molecular weight is 1040 g/mol. The van der Waals surface area contributed by atoms with Crippen molar-refractivity contribution in [3.05, 3.63) is 290 Å². The molecule has 11 aromatic rings. The van der Waals surface area contributed by atoms with Crippen molar-refractivity contribution in [2.75, 3.05) is 9.80 Å². The van der Waals surface area contributed by atoms with Crippen molar-refractivity contribution in [3.63, 3.8) is 0 Å². The molecule has 11 rings (SSSR count). The van der Waals surface area contributed by atoms with Gasteiger partial charge in [-0.15, -0.1) is 0 Å². The Labute approximate surface area is 438 Å². The van der Waals surface area contributed by atoms with Crippen LogP contribution >= 0.6 is 22.6 Å². The molecule has 72 heavy (non-hydrogen) atoms. The lowest BCUT2D eigenvalue weighted by Crippen LogP contribution is -2.11. The predicted molar refractivity (Wildman–Crippen MR) is 316 cm³/mol. The van der Waals surface area contributed by atoms with Crippen LogP contribution in [0.3, 0.4) is 0 Å². The molecule has 2 nitrogen and oxygen atoms in total. The first kappa shape index (κ1) is 46.4. The van der Waals surface area contributed by atoms with Crippen molar-refractivity contribution in [1.82, 2.24) is 0 Å². The molecule has 0 aliphatic rings. The molecule has 0 bridgehead atoms. The number of benzene rings is 11. The molecule has 0 spiro atoms. The highest BCUT2D eigenvalue weighted by atomic mass is 127. The van der Waals surface area contributed by atoms with Gasteiger partial charge in [0.05, 0.1) is 0 Å². The molecule has 1 unspecified atom stereocenters. The zero-order chi connectivity index (χ0) is 48.6. The zero-order valence-electron chi connectivity index (χ0n) is 40.5. The van der Waals surface area contributed by atoms with Gasteiger partial charge < -0.3 is 9.80 Å². The summed E-state index contributed by atoms with van der Waals surface area (Å²) in [7, 11) is 0. The molecule has 0 saturated heterocycles. The number of halogens is 1. The summed E-state index contributed by atoms with van der Waals surface area (Å²) in [6, 6.07) is 99.6. The van der Waals surface area contributed by atoms with E-state index in [4.69, 9.17) is 0 Å². The fraction of sp³-hybridized carbons (Fsp3) is 0.0725. The van der Waals surface area contributed by atoms with E-state index in [2.05, 4.69) is 312 Å². The minimum atomic E-state index is 0.506. The van der Waals surface area contributed by atoms with Gasteiger partial charge in [-0.1, -0.05) is 236 Å². The number of hydrogen-bond acceptors (Lipinski definition) is 2. The largest absolute Gasteiger partial charge is 0.310 e. The molecule has 0 aliphatic carbocycles. The minimum Gasteiger partial charge on any atom is -0.310 e. The lowest BCUT2D eigenvalue weighted by molar-refractivity contribution is 0.799. The Morgan fingerprint density at radius 3 is 1.25 bits per heavy atom. The van der Waals surface area contributed by atoms with E-state index >= 15 is 0 Å². The molecule has 0 N–H and O–H groups in total. The molecule has 0 saturated carbocycles. The highest BCUT2D eigenvalue weighted by Gasteiger charge is 2.18. The van der Waals surface area contributed by atoms with Gasteiger partial charge in [0.2, 0.25) is 0 Å². The fourth-order valence-corrected chi connectivity index (χ4v) is 11.0. The van der Waals surface area contributed by atoms with Crippen LogP contribution in [0.2, 0.25) is 0 Å². The molecule has 3 heteroatoms. The second kappa shape index (κ2) is 21.6. The van der Waals surface area contributed by atoms with Gasteiger partial charge in [-0.25, -0.2) is 0 Å². The Morgan fingerprint density at radius 2 is 0.736 bits per heavy atom. The van der Waals surface area contributed by atoms with E-state index < -0.39 is 0 Å². The third kappa shape index (κ3) is 10.3. The van der Waals surface area contributed by atoms with E-state index in [1.807, 2.05) is 0 Å². The summed E-state index contributed by atoms with van der Waals surface area (Å²) in [5, 5.41) is 2.50. The van der Waals surface area contributed by atoms with Crippen molar-refractivity contribution in [2.45, 2.75) is 30.1 Å². The van der Waals surface area contributed by atoms with Gasteiger partial charge in [0.1, 0.15) is 0 Å². The van der Waals surface area contributed by atoms with Crippen LogP contribution in [-0.2, 0) is 6.42 Å². The van der Waals surface area contributed by atoms with Gasteiger partial charge in [0.25, 0.3) is 0 Å². The minimum absolute atomic E-state index is 0.506. The van der Waals surface area contributed by atoms with Crippen LogP contribution in [0.4, 0.5) is 34.1 Å². The first-order valence-electron chi connectivity index (χ1n) is 25.1. The number of hydrogen-bond donors (Lipinski definition) is 0. The van der Waals surface area contributed by atoms with Crippen LogP contribution in [0.1, 0.15) is 40.4 Å². The number of fused-ring (bicyclic) bond motifs is 1. The third-order valence-electron chi connectivity index (χ3n) is 13.7. The average Bonchev–Trinajstić information content (AvgIpc) is 3.45. The maximum atomic E-state index is 2.59. The number of rotatable bonds is 15. The second-order valence-electron chi connectivity index (χ2n) is 18.5. The standard InChI is InChI=1S/C69H55IN2/c1-2-15-69(70)60-25-13-24-59(49-60)56-34-42-63(43-35-56)71(61-38-30-54(31-39-61)52-18-5-3-6-19-52)65-26-11-16-50(47-65)46-51-17-12-27-66(48-51)72(62-40-32-55(33-41-62)53-20-7-4-8-21-53)64-44-36-58(37-45-64)68-29-14-23-57-22-9-10-28-67(57)68/h3-14,16-45,47-49,69H,2,15,46H2,1H3. The second-order valence-corrected chi connectivity index (χ2v) is 20.0. The summed E-state index contributed by atoms with van der Waals surface area (Å²) in [4.78, 5) is 4.77. The van der Waals surface area contributed by atoms with Crippen molar-refractivity contribution < 1.29 is 0 Å². The quantitative estimate of drug-likeness (QED) is 0.0746. The van der Waals surface area contributed by atoms with Crippen LogP contribution in [0.25, 0.3) is 55.3 Å². The normalized spacial score (nSPS) is 11.6. The predicted octanol–water partition coefficient (Wildman–Crippen LogP) is 20.3. The van der Waals surface area contributed by atoms with Gasteiger partial charge in [-0.2, -0.15) is 0 Å². The molecule has 1 atom stereocenters. The molecule has 0 radical (unpaired) electrons. The molecule has 0 aliphatic heterocycles. The van der Waals surface area contributed by atoms with Gasteiger partial charge in [-0.3, -0.25) is 0 Å². The van der Waals surface area contributed by atoms with Crippen LogP contribution in [0.15, 0.2) is 273 Å². The zero-order valence-corrected chi connectivity index (χ0v) is 42.6. The molecular weight excluding hydrogens is 984 g/mol. The number of alkyl halides is 1. The Kier molecular flexibility index (Phi) is 13.9. The molecule has 0 heterocycles. The summed E-state index contributed by atoms with van der Waals surface area (Å²) < 4.78 is 0.506. The third-order valence-corrected chi connectivity index (χ3v) is 15.0. The smallest absolute Gasteiger partial charge is 0.0464 e. The molecule has 0 fully saturated rings. The Balaban J connectivity index is 0.927. The Bertz CT molecular complexity index is 3550. The molecular formula is C69H55IN2. The summed E-state index contributed by atoms with van der Waals surface area (Å²) in [6.45, 7) is 2.26. The topological polar surface area (TPSA) is 6.48 Å².